The molecule has 6 heteroatoms. The van der Waals surface area contributed by atoms with Crippen LogP contribution in [-0.2, 0) is 12.1 Å². The van der Waals surface area contributed by atoms with E-state index in [0.29, 0.717) is 17.1 Å². The van der Waals surface area contributed by atoms with E-state index in [4.69, 9.17) is 17.0 Å². The fourth-order valence-corrected chi connectivity index (χ4v) is 3.57. The number of thiocarbonyl (C=S) groups is 1. The zero-order valence-corrected chi connectivity index (χ0v) is 14.6. The summed E-state index contributed by atoms with van der Waals surface area (Å²) < 4.78 is 5.18. The second-order valence-corrected chi connectivity index (χ2v) is 6.57. The van der Waals surface area contributed by atoms with Gasteiger partial charge in [-0.1, -0.05) is 24.4 Å². The van der Waals surface area contributed by atoms with Crippen molar-refractivity contribution in [1.29, 1.82) is 0 Å². The Morgan fingerprint density at radius 1 is 1.29 bits per heavy atom. The molecule has 2 aromatic rings. The SMILES string of the molecule is COc1ccc(CN2C(=S)c3c(ccnc3C(=O)O)C2(C)C)cc1. The molecule has 3 rings (SSSR count). The lowest BCUT2D eigenvalue weighted by atomic mass is 9.93. The van der Waals surface area contributed by atoms with Gasteiger partial charge in [0.2, 0.25) is 0 Å². The largest absolute Gasteiger partial charge is 0.497 e. The Morgan fingerprint density at radius 3 is 2.54 bits per heavy atom. The van der Waals surface area contributed by atoms with Gasteiger partial charge in [-0.15, -0.1) is 0 Å². The Labute approximate surface area is 145 Å². The maximum Gasteiger partial charge on any atom is 0.355 e. The number of aromatic carboxylic acids is 1. The first kappa shape index (κ1) is 16.4. The molecule has 124 valence electrons. The molecule has 0 saturated carbocycles. The highest BCUT2D eigenvalue weighted by Gasteiger charge is 2.43. The number of carboxylic acid groups (broad SMARTS) is 1. The van der Waals surface area contributed by atoms with Crippen molar-refractivity contribution < 1.29 is 14.6 Å². The van der Waals surface area contributed by atoms with Crippen LogP contribution in [0.15, 0.2) is 36.5 Å². The first-order valence-corrected chi connectivity index (χ1v) is 7.94. The molecule has 1 aromatic heterocycles. The van der Waals surface area contributed by atoms with E-state index in [0.717, 1.165) is 16.9 Å². The van der Waals surface area contributed by atoms with Crippen LogP contribution in [0.2, 0.25) is 0 Å². The van der Waals surface area contributed by atoms with E-state index in [1.165, 1.54) is 6.20 Å². The van der Waals surface area contributed by atoms with E-state index in [1.807, 2.05) is 49.1 Å². The molecule has 0 bridgehead atoms. The van der Waals surface area contributed by atoms with Gasteiger partial charge >= 0.3 is 5.97 Å². The molecule has 0 atom stereocenters. The van der Waals surface area contributed by atoms with Crippen LogP contribution in [0.4, 0.5) is 0 Å². The van der Waals surface area contributed by atoms with Crippen molar-refractivity contribution in [2.24, 2.45) is 0 Å². The molecule has 0 spiro atoms. The third-order valence-corrected chi connectivity index (χ3v) is 4.87. The molecule has 1 aromatic carbocycles. The maximum atomic E-state index is 11.5. The van der Waals surface area contributed by atoms with Crippen LogP contribution in [0, 0.1) is 0 Å². The smallest absolute Gasteiger partial charge is 0.355 e. The molecule has 0 radical (unpaired) electrons. The summed E-state index contributed by atoms with van der Waals surface area (Å²) in [6.45, 7) is 4.67. The quantitative estimate of drug-likeness (QED) is 0.861. The lowest BCUT2D eigenvalue weighted by Crippen LogP contribution is -2.38. The number of pyridine rings is 1. The molecule has 24 heavy (non-hydrogen) atoms. The zero-order valence-electron chi connectivity index (χ0n) is 13.7. The fraction of sp³-hybridized carbons (Fsp3) is 0.278. The molecular weight excluding hydrogens is 324 g/mol. The fourth-order valence-electron chi connectivity index (χ4n) is 3.07. The molecule has 0 amide bonds. The van der Waals surface area contributed by atoms with Gasteiger partial charge in [0.05, 0.1) is 12.6 Å². The minimum Gasteiger partial charge on any atom is -0.497 e. The zero-order chi connectivity index (χ0) is 17.5. The summed E-state index contributed by atoms with van der Waals surface area (Å²) in [5, 5.41) is 9.42. The van der Waals surface area contributed by atoms with E-state index in [-0.39, 0.29) is 5.69 Å². The van der Waals surface area contributed by atoms with Crippen LogP contribution in [0.5, 0.6) is 5.75 Å². The second-order valence-electron chi connectivity index (χ2n) is 6.19. The molecule has 0 aliphatic carbocycles. The summed E-state index contributed by atoms with van der Waals surface area (Å²) in [5.41, 5.74) is 2.14. The van der Waals surface area contributed by atoms with Gasteiger partial charge in [0.25, 0.3) is 0 Å². The second kappa shape index (κ2) is 5.87. The van der Waals surface area contributed by atoms with Crippen molar-refractivity contribution in [3.05, 3.63) is 58.9 Å². The molecular formula is C18H18N2O3S. The van der Waals surface area contributed by atoms with Gasteiger partial charge in [-0.3, -0.25) is 0 Å². The average Bonchev–Trinajstić information content (AvgIpc) is 2.76. The van der Waals surface area contributed by atoms with Crippen LogP contribution in [-0.4, -0.2) is 33.1 Å². The van der Waals surface area contributed by atoms with Gasteiger partial charge in [-0.25, -0.2) is 9.78 Å². The Balaban J connectivity index is 1.99. The standard InChI is InChI=1S/C18H18N2O3S/c1-18(2)13-8-9-19-15(17(21)22)14(13)16(24)20(18)10-11-4-6-12(23-3)7-5-11/h4-9H,10H2,1-3H3,(H,21,22). The summed E-state index contributed by atoms with van der Waals surface area (Å²) in [6.07, 6.45) is 1.53. The Morgan fingerprint density at radius 2 is 1.96 bits per heavy atom. The highest BCUT2D eigenvalue weighted by Crippen LogP contribution is 2.41. The van der Waals surface area contributed by atoms with E-state index < -0.39 is 11.5 Å². The number of methoxy groups -OCH3 is 1. The number of benzene rings is 1. The van der Waals surface area contributed by atoms with Crippen molar-refractivity contribution in [3.8, 4) is 5.75 Å². The number of hydrogen-bond acceptors (Lipinski definition) is 4. The highest BCUT2D eigenvalue weighted by atomic mass is 32.1. The molecule has 1 aliphatic heterocycles. The molecule has 2 heterocycles. The number of carboxylic acids is 1. The monoisotopic (exact) mass is 342 g/mol. The molecule has 5 nitrogen and oxygen atoms in total. The molecule has 1 N–H and O–H groups in total. The predicted octanol–water partition coefficient (Wildman–Crippen LogP) is 3.21. The first-order valence-electron chi connectivity index (χ1n) is 7.54. The molecule has 1 aliphatic rings. The summed E-state index contributed by atoms with van der Waals surface area (Å²) in [6, 6.07) is 9.62. The molecule has 0 fully saturated rings. The number of rotatable bonds is 4. The van der Waals surface area contributed by atoms with Crippen molar-refractivity contribution in [1.82, 2.24) is 9.88 Å². The van der Waals surface area contributed by atoms with Gasteiger partial charge < -0.3 is 14.7 Å². The third-order valence-electron chi connectivity index (χ3n) is 4.45. The summed E-state index contributed by atoms with van der Waals surface area (Å²) in [7, 11) is 1.63. The number of aromatic nitrogens is 1. The normalized spacial score (nSPS) is 15.3. The van der Waals surface area contributed by atoms with Crippen molar-refractivity contribution in [2.75, 3.05) is 7.11 Å². The van der Waals surface area contributed by atoms with Gasteiger partial charge in [0.1, 0.15) is 10.7 Å². The summed E-state index contributed by atoms with van der Waals surface area (Å²) in [5.74, 6) is -0.265. The van der Waals surface area contributed by atoms with Gasteiger partial charge in [0, 0.05) is 18.3 Å². The van der Waals surface area contributed by atoms with E-state index in [2.05, 4.69) is 4.98 Å². The van der Waals surface area contributed by atoms with E-state index >= 15 is 0 Å². The van der Waals surface area contributed by atoms with Crippen molar-refractivity contribution in [2.45, 2.75) is 25.9 Å². The molecule has 0 unspecified atom stereocenters. The minimum absolute atomic E-state index is 0.0165. The Hall–Kier alpha value is -2.47. The van der Waals surface area contributed by atoms with Gasteiger partial charge in [-0.05, 0) is 43.2 Å². The number of fused-ring (bicyclic) bond motifs is 1. The number of ether oxygens (including phenoxy) is 1. The highest BCUT2D eigenvalue weighted by molar-refractivity contribution is 7.80. The minimum atomic E-state index is -1.06. The summed E-state index contributed by atoms with van der Waals surface area (Å²) in [4.78, 5) is 18.1. The van der Waals surface area contributed by atoms with Crippen LogP contribution < -0.4 is 4.74 Å². The van der Waals surface area contributed by atoms with Crippen molar-refractivity contribution >= 4 is 23.2 Å². The average molecular weight is 342 g/mol. The van der Waals surface area contributed by atoms with Crippen LogP contribution >= 0.6 is 12.2 Å². The third kappa shape index (κ3) is 2.53. The predicted molar refractivity (Wildman–Crippen MR) is 94.5 cm³/mol. The maximum absolute atomic E-state index is 11.5. The van der Waals surface area contributed by atoms with Gasteiger partial charge in [0.15, 0.2) is 5.69 Å². The first-order chi connectivity index (χ1) is 11.4. The lowest BCUT2D eigenvalue weighted by molar-refractivity contribution is 0.0690. The van der Waals surface area contributed by atoms with Crippen LogP contribution in [0.1, 0.15) is 41.0 Å². The number of carbonyl (C=O) groups is 1. The van der Waals surface area contributed by atoms with Gasteiger partial charge in [-0.2, -0.15) is 0 Å². The van der Waals surface area contributed by atoms with E-state index in [1.54, 1.807) is 7.11 Å². The Kier molecular flexibility index (Phi) is 4.01. The topological polar surface area (TPSA) is 62.7 Å². The number of hydrogen-bond donors (Lipinski definition) is 1. The van der Waals surface area contributed by atoms with Crippen molar-refractivity contribution in [3.63, 3.8) is 0 Å². The number of nitrogens with zero attached hydrogens (tertiary/aromatic N) is 2. The van der Waals surface area contributed by atoms with Crippen LogP contribution in [0.25, 0.3) is 0 Å². The van der Waals surface area contributed by atoms with E-state index in [9.17, 15) is 9.90 Å². The summed E-state index contributed by atoms with van der Waals surface area (Å²) >= 11 is 5.60. The molecule has 0 saturated heterocycles. The van der Waals surface area contributed by atoms with Crippen LogP contribution in [0.3, 0.4) is 0 Å². The Bertz CT molecular complexity index is 816. The lowest BCUT2D eigenvalue weighted by Gasteiger charge is -2.34.